The third-order valence-corrected chi connectivity index (χ3v) is 30.0. The quantitative estimate of drug-likeness (QED) is 0.0608. The molecule has 2 nitrogen and oxygen atoms in total. The molecule has 0 saturated carbocycles. The summed E-state index contributed by atoms with van der Waals surface area (Å²) in [6.45, 7) is 4.90. The number of nitrogens with zero attached hydrogens (tertiary/aromatic N) is 2. The first-order chi connectivity index (χ1) is 46.9. The van der Waals surface area contributed by atoms with Crippen molar-refractivity contribution in [2.24, 2.45) is 0 Å². The van der Waals surface area contributed by atoms with Crippen LogP contribution < -0.4 is 51.3 Å². The summed E-state index contributed by atoms with van der Waals surface area (Å²) in [6, 6.07) is 141. The zero-order valence-electron chi connectivity index (χ0n) is 53.2. The molecule has 0 heterocycles. The van der Waals surface area contributed by atoms with Gasteiger partial charge in [0.25, 0.3) is 0 Å². The highest BCUT2D eigenvalue weighted by Crippen LogP contribution is 2.56. The normalized spacial score (nSPS) is 12.6. The van der Waals surface area contributed by atoms with Gasteiger partial charge in [0.1, 0.15) is 0 Å². The van der Waals surface area contributed by atoms with Crippen LogP contribution in [0.5, 0.6) is 0 Å². The van der Waals surface area contributed by atoms with E-state index in [2.05, 4.69) is 400 Å². The highest BCUT2D eigenvalue weighted by atomic mass is 28.3. The SMILES string of the molecule is CC1(C)c2cc(N(c3ccc([Si](c4ccccc4)(c4ccccc4)c4ccccc4)cc3)c3ccc4ccccc4c3)ccc2-c2c1c1ccc(N(c3ccc([Si](c4ccccc4)(c4ccccc4)c4ccccc4)cc3)c3ccc4ccccc4c3)cc1c1ccccc21. The smallest absolute Gasteiger partial charge is 0.179 e. The molecule has 450 valence electrons. The first-order valence-electron chi connectivity index (χ1n) is 33.1. The number of hydrogen-bond donors (Lipinski definition) is 0. The van der Waals surface area contributed by atoms with Gasteiger partial charge in [-0.3, -0.25) is 0 Å². The molecule has 17 rings (SSSR count). The molecule has 0 spiro atoms. The van der Waals surface area contributed by atoms with Gasteiger partial charge in [0.05, 0.1) is 0 Å². The third kappa shape index (κ3) is 9.50. The Hall–Kier alpha value is -11.4. The molecule has 0 fully saturated rings. The lowest BCUT2D eigenvalue weighted by Crippen LogP contribution is -2.74. The number of benzene rings is 16. The summed E-state index contributed by atoms with van der Waals surface area (Å²) >= 11 is 0. The molecular weight excluding hydrogens is 1180 g/mol. The molecule has 0 N–H and O–H groups in total. The minimum absolute atomic E-state index is 0.379. The largest absolute Gasteiger partial charge is 0.310 e. The van der Waals surface area contributed by atoms with Crippen LogP contribution in [-0.4, -0.2) is 16.1 Å². The van der Waals surface area contributed by atoms with E-state index in [1.54, 1.807) is 0 Å². The highest BCUT2D eigenvalue weighted by Gasteiger charge is 2.44. The topological polar surface area (TPSA) is 6.48 Å². The second-order valence-electron chi connectivity index (χ2n) is 25.9. The monoisotopic (exact) mass is 1240 g/mol. The maximum absolute atomic E-state index is 2.79. The molecular formula is C91H68N2Si2. The van der Waals surface area contributed by atoms with E-state index < -0.39 is 16.1 Å². The Balaban J connectivity index is 0.812. The third-order valence-electron chi connectivity index (χ3n) is 20.4. The van der Waals surface area contributed by atoms with Gasteiger partial charge in [0.2, 0.25) is 0 Å². The van der Waals surface area contributed by atoms with E-state index in [0.29, 0.717) is 0 Å². The number of anilines is 6. The molecule has 95 heavy (non-hydrogen) atoms. The van der Waals surface area contributed by atoms with Gasteiger partial charge in [0.15, 0.2) is 16.1 Å². The Morgan fingerprint density at radius 2 is 0.526 bits per heavy atom. The number of rotatable bonds is 14. The Morgan fingerprint density at radius 1 is 0.221 bits per heavy atom. The first kappa shape index (κ1) is 57.5. The minimum Gasteiger partial charge on any atom is -0.310 e. The summed E-state index contributed by atoms with van der Waals surface area (Å²) in [6.07, 6.45) is 0. The molecule has 0 bridgehead atoms. The van der Waals surface area contributed by atoms with E-state index in [9.17, 15) is 0 Å². The molecule has 4 heteroatoms. The van der Waals surface area contributed by atoms with Crippen molar-refractivity contribution in [1.82, 2.24) is 0 Å². The summed E-state index contributed by atoms with van der Waals surface area (Å²) < 4.78 is 0. The van der Waals surface area contributed by atoms with Gasteiger partial charge in [-0.25, -0.2) is 0 Å². The summed E-state index contributed by atoms with van der Waals surface area (Å²) in [5.74, 6) is 0. The molecule has 0 atom stereocenters. The fourth-order valence-electron chi connectivity index (χ4n) is 16.2. The van der Waals surface area contributed by atoms with Crippen LogP contribution in [0.3, 0.4) is 0 Å². The van der Waals surface area contributed by atoms with Crippen LogP contribution in [0, 0.1) is 0 Å². The zero-order valence-corrected chi connectivity index (χ0v) is 55.2. The van der Waals surface area contributed by atoms with E-state index in [0.717, 1.165) is 34.1 Å². The molecule has 0 unspecified atom stereocenters. The van der Waals surface area contributed by atoms with Crippen molar-refractivity contribution in [2.75, 3.05) is 9.80 Å². The van der Waals surface area contributed by atoms with E-state index >= 15 is 0 Å². The molecule has 1 aliphatic rings. The minimum atomic E-state index is -2.79. The van der Waals surface area contributed by atoms with Crippen molar-refractivity contribution < 1.29 is 0 Å². The van der Waals surface area contributed by atoms with Crippen LogP contribution in [0.4, 0.5) is 34.1 Å². The first-order valence-corrected chi connectivity index (χ1v) is 37.1. The second-order valence-corrected chi connectivity index (χ2v) is 33.5. The van der Waals surface area contributed by atoms with Crippen molar-refractivity contribution >= 4 is 135 Å². The van der Waals surface area contributed by atoms with Gasteiger partial charge >= 0.3 is 0 Å². The Labute approximate surface area is 558 Å². The number of fused-ring (bicyclic) bond motifs is 10. The lowest BCUT2D eigenvalue weighted by Gasteiger charge is -2.35. The fraction of sp³-hybridized carbons (Fsp3) is 0.0330. The van der Waals surface area contributed by atoms with Crippen molar-refractivity contribution in [2.45, 2.75) is 19.3 Å². The van der Waals surface area contributed by atoms with Crippen molar-refractivity contribution in [3.05, 3.63) is 387 Å². The van der Waals surface area contributed by atoms with Crippen LogP contribution >= 0.6 is 0 Å². The van der Waals surface area contributed by atoms with Gasteiger partial charge in [-0.15, -0.1) is 0 Å². The second kappa shape index (κ2) is 23.6. The van der Waals surface area contributed by atoms with Crippen LogP contribution in [0.25, 0.3) is 54.2 Å². The van der Waals surface area contributed by atoms with E-state index in [1.807, 2.05) is 0 Å². The van der Waals surface area contributed by atoms with Crippen molar-refractivity contribution in [3.63, 3.8) is 0 Å². The van der Waals surface area contributed by atoms with Gasteiger partial charge in [0, 0.05) is 39.5 Å². The van der Waals surface area contributed by atoms with Crippen LogP contribution in [-0.2, 0) is 5.41 Å². The van der Waals surface area contributed by atoms with Gasteiger partial charge in [-0.1, -0.05) is 317 Å². The molecule has 1 aliphatic carbocycles. The van der Waals surface area contributed by atoms with Crippen LogP contribution in [0.1, 0.15) is 25.0 Å². The Morgan fingerprint density at radius 3 is 0.937 bits per heavy atom. The van der Waals surface area contributed by atoms with E-state index in [4.69, 9.17) is 0 Å². The molecule has 16 aromatic carbocycles. The summed E-state index contributed by atoms with van der Waals surface area (Å²) in [5, 5.41) is 20.7. The summed E-state index contributed by atoms with van der Waals surface area (Å²) in [5.41, 5.74) is 11.6. The zero-order chi connectivity index (χ0) is 63.5. The fourth-order valence-corrected chi connectivity index (χ4v) is 25.7. The maximum atomic E-state index is 2.50. The van der Waals surface area contributed by atoms with Gasteiger partial charge in [-0.05, 0) is 180 Å². The Kier molecular flexibility index (Phi) is 14.3. The lowest BCUT2D eigenvalue weighted by atomic mass is 9.79. The molecule has 16 aromatic rings. The predicted molar refractivity (Wildman–Crippen MR) is 411 cm³/mol. The van der Waals surface area contributed by atoms with E-state index in [1.165, 1.54) is 107 Å². The molecule has 0 amide bonds. The molecule has 0 radical (unpaired) electrons. The number of hydrogen-bond acceptors (Lipinski definition) is 2. The Bertz CT molecular complexity index is 5300. The summed E-state index contributed by atoms with van der Waals surface area (Å²) in [7, 11) is -5.57. The average molecular weight is 1250 g/mol. The standard InChI is InChI=1S/C91H68N2Si2/c1-91(2)88-64-74(93(72-48-46-66-28-22-24-30-68(66)62-72)70-51-57-82(58-52-70)95(78-37-15-6-16-38-78,79-39-17-7-18-40-79)80-41-19-8-20-42-80)54-60-86(88)89-84-44-26-25-43-83(84)87-63-73(53-59-85(87)90(89)91)92(71-47-45-65-27-21-23-29-67(65)61-71)69-49-55-81(56-50-69)94(75-31-9-3-10-32-75,76-33-11-4-12-34-76)77-35-13-5-14-36-77/h3-64H,1-2H3. The van der Waals surface area contributed by atoms with Crippen LogP contribution in [0.2, 0.25) is 0 Å². The molecule has 0 aliphatic heterocycles. The molecule has 0 saturated heterocycles. The van der Waals surface area contributed by atoms with Gasteiger partial charge in [-0.2, -0.15) is 0 Å². The maximum Gasteiger partial charge on any atom is 0.179 e. The highest BCUT2D eigenvalue weighted by molar-refractivity contribution is 7.20. The lowest BCUT2D eigenvalue weighted by molar-refractivity contribution is 0.666. The van der Waals surface area contributed by atoms with Crippen molar-refractivity contribution in [1.29, 1.82) is 0 Å². The van der Waals surface area contributed by atoms with Crippen LogP contribution in [0.15, 0.2) is 376 Å². The van der Waals surface area contributed by atoms with Gasteiger partial charge < -0.3 is 9.80 Å². The molecule has 0 aromatic heterocycles. The average Bonchev–Trinajstić information content (AvgIpc) is 1.59. The predicted octanol–water partition coefficient (Wildman–Crippen LogP) is 18.3. The summed E-state index contributed by atoms with van der Waals surface area (Å²) in [4.78, 5) is 4.96. The van der Waals surface area contributed by atoms with E-state index in [-0.39, 0.29) is 5.41 Å². The van der Waals surface area contributed by atoms with Crippen molar-refractivity contribution in [3.8, 4) is 11.1 Å².